The summed E-state index contributed by atoms with van der Waals surface area (Å²) in [7, 11) is -4.06. The third-order valence-corrected chi connectivity index (χ3v) is 6.79. The molecular weight excluding hydrogens is 589 g/mol. The minimum Gasteiger partial charge on any atom is -0.352 e. The number of carbonyl (C=O) groups excluding carboxylic acids is 3. The molecule has 42 heavy (non-hydrogen) atoms. The van der Waals surface area contributed by atoms with E-state index in [0.29, 0.717) is 17.7 Å². The minimum atomic E-state index is -4.91. The molecule has 0 spiro atoms. The Morgan fingerprint density at radius 1 is 0.810 bits per heavy atom. The lowest BCUT2D eigenvalue weighted by Crippen LogP contribution is -2.40. The van der Waals surface area contributed by atoms with Crippen molar-refractivity contribution in [1.82, 2.24) is 15.4 Å². The topological polar surface area (TPSA) is 146 Å². The Bertz CT molecular complexity index is 1600. The zero-order valence-electron chi connectivity index (χ0n) is 21.7. The Balaban J connectivity index is 1.43. The molecule has 0 aromatic heterocycles. The predicted octanol–water partition coefficient (Wildman–Crippen LogP) is 4.74. The van der Waals surface area contributed by atoms with Gasteiger partial charge in [0.2, 0.25) is 0 Å². The molecule has 0 atom stereocenters. The van der Waals surface area contributed by atoms with Gasteiger partial charge in [0.05, 0.1) is 16.1 Å². The number of anilines is 2. The van der Waals surface area contributed by atoms with Crippen LogP contribution in [0.4, 0.5) is 42.9 Å². The van der Waals surface area contributed by atoms with Gasteiger partial charge in [-0.2, -0.15) is 13.2 Å². The van der Waals surface area contributed by atoms with E-state index in [1.54, 1.807) is 13.0 Å². The summed E-state index contributed by atoms with van der Waals surface area (Å²) in [5.74, 6) is -3.30. The van der Waals surface area contributed by atoms with Crippen LogP contribution in [0.3, 0.4) is 0 Å². The molecule has 0 saturated heterocycles. The maximum Gasteiger partial charge on any atom is 0.419 e. The van der Waals surface area contributed by atoms with Gasteiger partial charge in [0, 0.05) is 24.3 Å². The highest BCUT2D eigenvalue weighted by Crippen LogP contribution is 2.32. The van der Waals surface area contributed by atoms with Crippen molar-refractivity contribution in [2.45, 2.75) is 24.4 Å². The minimum absolute atomic E-state index is 0.00458. The maximum atomic E-state index is 14.5. The van der Waals surface area contributed by atoms with Gasteiger partial charge in [-0.1, -0.05) is 12.1 Å². The Morgan fingerprint density at radius 2 is 1.52 bits per heavy atom. The third-order valence-electron chi connectivity index (χ3n) is 5.46. The number of amides is 5. The highest BCUT2D eigenvalue weighted by atomic mass is 32.2. The van der Waals surface area contributed by atoms with Crippen molar-refractivity contribution in [2.75, 3.05) is 23.7 Å². The number of sulfonamides is 1. The molecule has 5 amide bonds. The first-order valence-corrected chi connectivity index (χ1v) is 13.5. The number of hydrogen-bond acceptors (Lipinski definition) is 5. The third kappa shape index (κ3) is 8.89. The van der Waals surface area contributed by atoms with Crippen molar-refractivity contribution < 1.29 is 44.8 Å². The fourth-order valence-electron chi connectivity index (χ4n) is 3.46. The van der Waals surface area contributed by atoms with Crippen LogP contribution < -0.4 is 26.0 Å². The molecule has 0 aliphatic carbocycles. The second kappa shape index (κ2) is 13.3. The van der Waals surface area contributed by atoms with Crippen molar-refractivity contribution in [2.24, 2.45) is 0 Å². The zero-order valence-corrected chi connectivity index (χ0v) is 22.6. The molecule has 0 unspecified atom stereocenters. The molecule has 0 radical (unpaired) electrons. The molecule has 0 heterocycles. The fraction of sp³-hybridized carbons (Fsp3) is 0.192. The van der Waals surface area contributed by atoms with Crippen LogP contribution in [0.25, 0.3) is 0 Å². The average molecular weight is 614 g/mol. The first-order chi connectivity index (χ1) is 19.7. The van der Waals surface area contributed by atoms with Crippen LogP contribution in [-0.4, -0.2) is 39.5 Å². The molecule has 16 heteroatoms. The standard InChI is InChI=1S/C26H24F5N5O5S/c1-15-4-2-5-18(12-15)42(40,41)36-24(38)33-11-3-10-32-23(37)16-6-9-22(21(28)13-16)35-25(39)34-17-7-8-19(20(27)14-17)26(29,30)31/h2,4-9,12-14H,3,10-11H2,1H3,(H,32,37)(H2,33,36,38)(H2,34,35,39). The zero-order chi connectivity index (χ0) is 31.1. The van der Waals surface area contributed by atoms with E-state index in [1.165, 1.54) is 24.3 Å². The summed E-state index contributed by atoms with van der Waals surface area (Å²) >= 11 is 0. The fourth-order valence-corrected chi connectivity index (χ4v) is 4.49. The number of benzene rings is 3. The van der Waals surface area contributed by atoms with Crippen LogP contribution in [0.15, 0.2) is 65.6 Å². The number of hydrogen-bond donors (Lipinski definition) is 5. The number of carbonyl (C=O) groups is 3. The van der Waals surface area contributed by atoms with Gasteiger partial charge in [-0.05, 0) is 67.4 Å². The predicted molar refractivity (Wildman–Crippen MR) is 142 cm³/mol. The summed E-state index contributed by atoms with van der Waals surface area (Å²) in [4.78, 5) is 36.2. The second-order valence-corrected chi connectivity index (χ2v) is 10.4. The van der Waals surface area contributed by atoms with E-state index in [2.05, 4.69) is 21.3 Å². The van der Waals surface area contributed by atoms with Gasteiger partial charge in [-0.15, -0.1) is 0 Å². The molecule has 3 aromatic rings. The number of halogens is 5. The largest absolute Gasteiger partial charge is 0.419 e. The summed E-state index contributed by atoms with van der Waals surface area (Å²) in [6.07, 6.45) is -4.71. The molecule has 10 nitrogen and oxygen atoms in total. The molecule has 0 aliphatic heterocycles. The molecule has 0 saturated carbocycles. The van der Waals surface area contributed by atoms with E-state index in [9.17, 15) is 44.8 Å². The van der Waals surface area contributed by atoms with E-state index in [4.69, 9.17) is 0 Å². The van der Waals surface area contributed by atoms with Gasteiger partial charge in [0.25, 0.3) is 15.9 Å². The lowest BCUT2D eigenvalue weighted by Gasteiger charge is -2.12. The van der Waals surface area contributed by atoms with Crippen molar-refractivity contribution in [3.63, 3.8) is 0 Å². The van der Waals surface area contributed by atoms with E-state index < -0.39 is 51.4 Å². The van der Waals surface area contributed by atoms with Gasteiger partial charge in [0.1, 0.15) is 11.6 Å². The number of nitrogens with one attached hydrogen (secondary N) is 5. The highest BCUT2D eigenvalue weighted by Gasteiger charge is 2.34. The molecule has 3 rings (SSSR count). The van der Waals surface area contributed by atoms with Crippen molar-refractivity contribution >= 4 is 39.4 Å². The summed E-state index contributed by atoms with van der Waals surface area (Å²) in [6, 6.07) is 8.75. The van der Waals surface area contributed by atoms with E-state index >= 15 is 0 Å². The van der Waals surface area contributed by atoms with Gasteiger partial charge in [-0.3, -0.25) is 4.79 Å². The maximum absolute atomic E-state index is 14.5. The van der Waals surface area contributed by atoms with Gasteiger partial charge >= 0.3 is 18.2 Å². The molecule has 0 bridgehead atoms. The van der Waals surface area contributed by atoms with E-state index in [-0.39, 0.29) is 41.3 Å². The number of rotatable bonds is 9. The first-order valence-electron chi connectivity index (χ1n) is 12.1. The molecule has 0 aliphatic rings. The van der Waals surface area contributed by atoms with Crippen LogP contribution in [0, 0.1) is 18.6 Å². The van der Waals surface area contributed by atoms with Crippen LogP contribution >= 0.6 is 0 Å². The SMILES string of the molecule is Cc1cccc(S(=O)(=O)NC(=O)NCCCNC(=O)c2ccc(NC(=O)Nc3ccc(C(F)(F)F)c(F)c3)c(F)c2)c1. The highest BCUT2D eigenvalue weighted by molar-refractivity contribution is 7.90. The normalized spacial score (nSPS) is 11.4. The smallest absolute Gasteiger partial charge is 0.352 e. The van der Waals surface area contributed by atoms with E-state index in [1.807, 2.05) is 4.72 Å². The second-order valence-electron chi connectivity index (χ2n) is 8.75. The summed E-state index contributed by atoms with van der Waals surface area (Å²) in [5.41, 5.74) is -1.61. The van der Waals surface area contributed by atoms with Crippen molar-refractivity contribution in [1.29, 1.82) is 0 Å². The Kier molecular flexibility index (Phi) is 10.1. The Labute approximate surface area is 236 Å². The quantitative estimate of drug-likeness (QED) is 0.175. The average Bonchev–Trinajstić information content (AvgIpc) is 2.88. The van der Waals surface area contributed by atoms with Crippen LogP contribution in [0.5, 0.6) is 0 Å². The summed E-state index contributed by atoms with van der Waals surface area (Å²) in [5, 5.41) is 9.00. The monoisotopic (exact) mass is 613 g/mol. The lowest BCUT2D eigenvalue weighted by atomic mass is 10.1. The summed E-state index contributed by atoms with van der Waals surface area (Å²) in [6.45, 7) is 1.74. The van der Waals surface area contributed by atoms with Crippen LogP contribution in [0.2, 0.25) is 0 Å². The van der Waals surface area contributed by atoms with Crippen molar-refractivity contribution in [3.8, 4) is 0 Å². The van der Waals surface area contributed by atoms with Crippen LogP contribution in [-0.2, 0) is 16.2 Å². The van der Waals surface area contributed by atoms with Crippen LogP contribution in [0.1, 0.15) is 27.9 Å². The van der Waals surface area contributed by atoms with Gasteiger partial charge < -0.3 is 21.3 Å². The van der Waals surface area contributed by atoms with Crippen molar-refractivity contribution in [3.05, 3.63) is 89.0 Å². The number of aryl methyl sites for hydroxylation is 1. The molecular formula is C26H24F5N5O5S. The first kappa shape index (κ1) is 31.8. The van der Waals surface area contributed by atoms with Gasteiger partial charge in [-0.25, -0.2) is 31.5 Å². The molecule has 3 aromatic carbocycles. The molecule has 5 N–H and O–H groups in total. The number of alkyl halides is 3. The molecule has 224 valence electrons. The summed E-state index contributed by atoms with van der Waals surface area (Å²) < 4.78 is 92.5. The Morgan fingerprint density at radius 3 is 2.17 bits per heavy atom. The van der Waals surface area contributed by atoms with Gasteiger partial charge in [0.15, 0.2) is 0 Å². The van der Waals surface area contributed by atoms with E-state index in [0.717, 1.165) is 18.2 Å². The lowest BCUT2D eigenvalue weighted by molar-refractivity contribution is -0.139. The molecule has 0 fully saturated rings. The number of urea groups is 2. The Hall–Kier alpha value is -4.73.